The molecule has 1 unspecified atom stereocenters. The normalized spacial score (nSPS) is 16.3. The molecule has 0 N–H and O–H groups in total. The van der Waals surface area contributed by atoms with Crippen molar-refractivity contribution in [2.24, 2.45) is 0 Å². The van der Waals surface area contributed by atoms with Gasteiger partial charge in [-0.3, -0.25) is 4.90 Å². The largest absolute Gasteiger partial charge is 0.298 e. The zero-order chi connectivity index (χ0) is 15.2. The van der Waals surface area contributed by atoms with Crippen molar-refractivity contribution in [3.05, 3.63) is 0 Å². The van der Waals surface area contributed by atoms with Crippen molar-refractivity contribution >= 4 is 0 Å². The molecule has 0 aromatic carbocycles. The van der Waals surface area contributed by atoms with Gasteiger partial charge in [-0.25, -0.2) is 0 Å². The average molecular weight is 296 g/mol. The Morgan fingerprint density at radius 2 is 0.952 bits per heavy atom. The number of rotatable bonds is 16. The summed E-state index contributed by atoms with van der Waals surface area (Å²) in [4.78, 5) is 2.71. The van der Waals surface area contributed by atoms with Crippen LogP contribution in [0.1, 0.15) is 110 Å². The predicted molar refractivity (Wildman–Crippen MR) is 96.0 cm³/mol. The van der Waals surface area contributed by atoms with Gasteiger partial charge < -0.3 is 0 Å². The van der Waals surface area contributed by atoms with E-state index in [-0.39, 0.29) is 0 Å². The number of nitrogens with zero attached hydrogens (tertiary/aromatic N) is 1. The summed E-state index contributed by atoms with van der Waals surface area (Å²) in [5.41, 5.74) is 0. The highest BCUT2D eigenvalue weighted by molar-refractivity contribution is 4.82. The molecule has 1 heteroatoms. The highest BCUT2D eigenvalue weighted by atomic mass is 15.3. The molecule has 21 heavy (non-hydrogen) atoms. The predicted octanol–water partition coefficient (Wildman–Crippen LogP) is 6.56. The fourth-order valence-electron chi connectivity index (χ4n) is 3.43. The topological polar surface area (TPSA) is 3.01 Å². The lowest BCUT2D eigenvalue weighted by Crippen LogP contribution is -2.18. The van der Waals surface area contributed by atoms with Gasteiger partial charge in [0.15, 0.2) is 0 Å². The summed E-state index contributed by atoms with van der Waals surface area (Å²) < 4.78 is 0. The van der Waals surface area contributed by atoms with Crippen LogP contribution in [0.25, 0.3) is 0 Å². The molecule has 0 aromatic rings. The standard InChI is InChI=1S/C20H41N/c1-3-5-7-9-11-13-15-17-20(21-18-19-21)16-14-12-10-8-6-4-2/h20H,3-19H2,1-2H3. The first-order valence-corrected chi connectivity index (χ1v) is 10.1. The molecular weight excluding hydrogens is 254 g/mol. The molecule has 1 aliphatic rings. The molecular formula is C20H41N. The summed E-state index contributed by atoms with van der Waals surface area (Å²) in [7, 11) is 0. The molecule has 1 aliphatic heterocycles. The van der Waals surface area contributed by atoms with E-state index in [0.29, 0.717) is 0 Å². The van der Waals surface area contributed by atoms with Crippen LogP contribution in [0.5, 0.6) is 0 Å². The Morgan fingerprint density at radius 1 is 0.571 bits per heavy atom. The second-order valence-corrected chi connectivity index (χ2v) is 7.16. The van der Waals surface area contributed by atoms with Crippen LogP contribution in [0.4, 0.5) is 0 Å². The molecule has 0 amide bonds. The molecule has 0 radical (unpaired) electrons. The lowest BCUT2D eigenvalue weighted by Gasteiger charge is -2.18. The Kier molecular flexibility index (Phi) is 12.3. The minimum absolute atomic E-state index is 0.937. The molecule has 1 atom stereocenters. The van der Waals surface area contributed by atoms with Crippen LogP contribution in [0.3, 0.4) is 0 Å². The fourth-order valence-corrected chi connectivity index (χ4v) is 3.43. The third kappa shape index (κ3) is 11.2. The maximum atomic E-state index is 2.71. The SMILES string of the molecule is CCCCCCCCCC(CCCCCCCC)N1CC1. The molecule has 1 fully saturated rings. The maximum absolute atomic E-state index is 2.71. The van der Waals surface area contributed by atoms with E-state index in [9.17, 15) is 0 Å². The Balaban J connectivity index is 1.92. The summed E-state index contributed by atoms with van der Waals surface area (Å²) in [6.07, 6.45) is 21.8. The van der Waals surface area contributed by atoms with Crippen molar-refractivity contribution < 1.29 is 0 Å². The monoisotopic (exact) mass is 295 g/mol. The van der Waals surface area contributed by atoms with Crippen molar-refractivity contribution in [3.63, 3.8) is 0 Å². The van der Waals surface area contributed by atoms with Gasteiger partial charge in [-0.2, -0.15) is 0 Å². The van der Waals surface area contributed by atoms with Crippen LogP contribution in [-0.4, -0.2) is 24.0 Å². The first-order chi connectivity index (χ1) is 10.4. The zero-order valence-electron chi connectivity index (χ0n) is 15.0. The highest BCUT2D eigenvalue weighted by Gasteiger charge is 2.26. The van der Waals surface area contributed by atoms with Gasteiger partial charge in [0.1, 0.15) is 0 Å². The molecule has 126 valence electrons. The van der Waals surface area contributed by atoms with Crippen molar-refractivity contribution in [2.45, 2.75) is 116 Å². The van der Waals surface area contributed by atoms with E-state index < -0.39 is 0 Å². The quantitative estimate of drug-likeness (QED) is 0.230. The lowest BCUT2D eigenvalue weighted by atomic mass is 10.00. The Bertz CT molecular complexity index is 210. The first kappa shape index (κ1) is 19.0. The van der Waals surface area contributed by atoms with E-state index in [4.69, 9.17) is 0 Å². The van der Waals surface area contributed by atoms with Crippen molar-refractivity contribution in [1.29, 1.82) is 0 Å². The van der Waals surface area contributed by atoms with Crippen LogP contribution in [0, 0.1) is 0 Å². The molecule has 0 aliphatic carbocycles. The molecule has 1 heterocycles. The van der Waals surface area contributed by atoms with E-state index in [1.165, 1.54) is 109 Å². The van der Waals surface area contributed by atoms with Gasteiger partial charge in [0.2, 0.25) is 0 Å². The smallest absolute Gasteiger partial charge is 0.0113 e. The lowest BCUT2D eigenvalue weighted by molar-refractivity contribution is 0.330. The Labute approximate surface area is 134 Å². The number of unbranched alkanes of at least 4 members (excludes halogenated alkanes) is 11. The van der Waals surface area contributed by atoms with Gasteiger partial charge in [0.25, 0.3) is 0 Å². The van der Waals surface area contributed by atoms with Crippen molar-refractivity contribution in [1.82, 2.24) is 4.90 Å². The maximum Gasteiger partial charge on any atom is 0.0113 e. The average Bonchev–Trinajstić information content (AvgIpc) is 3.32. The minimum Gasteiger partial charge on any atom is -0.298 e. The van der Waals surface area contributed by atoms with Crippen LogP contribution >= 0.6 is 0 Å². The summed E-state index contributed by atoms with van der Waals surface area (Å²) >= 11 is 0. The third-order valence-electron chi connectivity index (χ3n) is 5.03. The van der Waals surface area contributed by atoms with E-state index in [2.05, 4.69) is 18.7 Å². The molecule has 1 rings (SSSR count). The minimum atomic E-state index is 0.937. The third-order valence-corrected chi connectivity index (χ3v) is 5.03. The van der Waals surface area contributed by atoms with E-state index in [0.717, 1.165) is 6.04 Å². The van der Waals surface area contributed by atoms with Crippen LogP contribution in [0.2, 0.25) is 0 Å². The van der Waals surface area contributed by atoms with Gasteiger partial charge >= 0.3 is 0 Å². The van der Waals surface area contributed by atoms with Gasteiger partial charge in [0, 0.05) is 19.1 Å². The zero-order valence-corrected chi connectivity index (χ0v) is 15.0. The summed E-state index contributed by atoms with van der Waals surface area (Å²) in [5, 5.41) is 0. The first-order valence-electron chi connectivity index (χ1n) is 10.1. The van der Waals surface area contributed by atoms with Crippen LogP contribution in [0.15, 0.2) is 0 Å². The van der Waals surface area contributed by atoms with Gasteiger partial charge in [-0.1, -0.05) is 97.3 Å². The van der Waals surface area contributed by atoms with E-state index in [1.807, 2.05) is 0 Å². The van der Waals surface area contributed by atoms with Crippen molar-refractivity contribution in [3.8, 4) is 0 Å². The Hall–Kier alpha value is -0.0400. The van der Waals surface area contributed by atoms with Crippen LogP contribution < -0.4 is 0 Å². The Morgan fingerprint density at radius 3 is 1.33 bits per heavy atom. The summed E-state index contributed by atoms with van der Waals surface area (Å²) in [5.74, 6) is 0. The second-order valence-electron chi connectivity index (χ2n) is 7.16. The van der Waals surface area contributed by atoms with E-state index >= 15 is 0 Å². The molecule has 1 saturated heterocycles. The number of hydrogen-bond acceptors (Lipinski definition) is 1. The van der Waals surface area contributed by atoms with E-state index in [1.54, 1.807) is 0 Å². The summed E-state index contributed by atoms with van der Waals surface area (Å²) in [6, 6.07) is 0.937. The van der Waals surface area contributed by atoms with Gasteiger partial charge in [0.05, 0.1) is 0 Å². The van der Waals surface area contributed by atoms with Crippen LogP contribution in [-0.2, 0) is 0 Å². The van der Waals surface area contributed by atoms with Crippen molar-refractivity contribution in [2.75, 3.05) is 13.1 Å². The molecule has 0 aromatic heterocycles. The molecule has 0 bridgehead atoms. The fraction of sp³-hybridized carbons (Fsp3) is 1.00. The highest BCUT2D eigenvalue weighted by Crippen LogP contribution is 2.23. The summed E-state index contributed by atoms with van der Waals surface area (Å²) in [6.45, 7) is 7.38. The van der Waals surface area contributed by atoms with Gasteiger partial charge in [-0.05, 0) is 12.8 Å². The second kappa shape index (κ2) is 13.6. The molecule has 0 saturated carbocycles. The molecule has 1 nitrogen and oxygen atoms in total. The van der Waals surface area contributed by atoms with Gasteiger partial charge in [-0.15, -0.1) is 0 Å². The number of hydrogen-bond donors (Lipinski definition) is 0. The molecule has 0 spiro atoms.